The first-order chi connectivity index (χ1) is 12.2. The highest BCUT2D eigenvalue weighted by Gasteiger charge is 2.39. The number of hydrogen-bond donors (Lipinski definition) is 2. The highest BCUT2D eigenvalue weighted by molar-refractivity contribution is 5.88. The molecule has 5 nitrogen and oxygen atoms in total. The summed E-state index contributed by atoms with van der Waals surface area (Å²) in [6.07, 6.45) is 1.60. The minimum absolute atomic E-state index is 0.0670. The quantitative estimate of drug-likeness (QED) is 0.759. The summed E-state index contributed by atoms with van der Waals surface area (Å²) in [4.78, 5) is 12.7. The molecule has 0 aliphatic carbocycles. The first-order valence-electron chi connectivity index (χ1n) is 8.84. The molecule has 1 aliphatic heterocycles. The summed E-state index contributed by atoms with van der Waals surface area (Å²) in [7, 11) is 1.65. The second-order valence-electron chi connectivity index (χ2n) is 6.54. The lowest BCUT2D eigenvalue weighted by Crippen LogP contribution is -2.50. The number of fused-ring (bicyclic) bond motifs is 1. The van der Waals surface area contributed by atoms with Crippen LogP contribution in [-0.2, 0) is 9.53 Å². The van der Waals surface area contributed by atoms with Crippen molar-refractivity contribution in [3.63, 3.8) is 0 Å². The fraction of sp³-hybridized carbons (Fsp3) is 0.450. The van der Waals surface area contributed by atoms with E-state index in [1.165, 1.54) is 0 Å². The van der Waals surface area contributed by atoms with Gasteiger partial charge in [-0.05, 0) is 37.4 Å². The molecule has 1 aliphatic rings. The monoisotopic (exact) mass is 342 g/mol. The molecular weight excluding hydrogens is 316 g/mol. The number of piperidine rings is 1. The molecule has 3 rings (SSSR count). The molecular formula is C20H26N2O3. The molecule has 25 heavy (non-hydrogen) atoms. The van der Waals surface area contributed by atoms with Crippen LogP contribution in [0.4, 0.5) is 0 Å². The molecule has 1 saturated heterocycles. The maximum Gasteiger partial charge on any atom is 0.228 e. The summed E-state index contributed by atoms with van der Waals surface area (Å²) in [6, 6.07) is 14.1. The fourth-order valence-corrected chi connectivity index (χ4v) is 3.45. The van der Waals surface area contributed by atoms with Crippen LogP contribution in [0.5, 0.6) is 5.75 Å². The van der Waals surface area contributed by atoms with Crippen LogP contribution >= 0.6 is 0 Å². The molecule has 0 spiro atoms. The molecule has 0 bridgehead atoms. The summed E-state index contributed by atoms with van der Waals surface area (Å²) in [5.41, 5.74) is -0.417. The largest absolute Gasteiger partial charge is 0.491 e. The van der Waals surface area contributed by atoms with Crippen LogP contribution in [0, 0.1) is 5.41 Å². The second-order valence-corrected chi connectivity index (χ2v) is 6.54. The fourth-order valence-electron chi connectivity index (χ4n) is 3.45. The van der Waals surface area contributed by atoms with Crippen LogP contribution < -0.4 is 15.4 Å². The molecule has 0 saturated carbocycles. The van der Waals surface area contributed by atoms with Crippen molar-refractivity contribution in [2.24, 2.45) is 5.41 Å². The molecule has 2 aromatic rings. The first kappa shape index (κ1) is 17.7. The van der Waals surface area contributed by atoms with E-state index < -0.39 is 5.41 Å². The van der Waals surface area contributed by atoms with E-state index in [2.05, 4.69) is 22.8 Å². The van der Waals surface area contributed by atoms with Gasteiger partial charge in [-0.3, -0.25) is 4.79 Å². The van der Waals surface area contributed by atoms with E-state index in [1.54, 1.807) is 7.11 Å². The summed E-state index contributed by atoms with van der Waals surface area (Å²) in [6.45, 7) is 3.10. The van der Waals surface area contributed by atoms with E-state index in [4.69, 9.17) is 9.47 Å². The van der Waals surface area contributed by atoms with E-state index >= 15 is 0 Å². The number of amides is 1. The molecule has 1 heterocycles. The second kappa shape index (κ2) is 8.32. The lowest BCUT2D eigenvalue weighted by molar-refractivity contribution is -0.136. The third-order valence-electron chi connectivity index (χ3n) is 4.86. The molecule has 1 fully saturated rings. The van der Waals surface area contributed by atoms with Crippen LogP contribution in [0.3, 0.4) is 0 Å². The van der Waals surface area contributed by atoms with Gasteiger partial charge in [0, 0.05) is 12.5 Å². The SMILES string of the molecule is COCC1(C(=O)NCCOc2cccc3ccccc23)CCNCC1. The molecule has 5 heteroatoms. The minimum atomic E-state index is -0.417. The molecule has 0 radical (unpaired) electrons. The van der Waals surface area contributed by atoms with Crippen molar-refractivity contribution < 1.29 is 14.3 Å². The Labute approximate surface area is 148 Å². The zero-order valence-electron chi connectivity index (χ0n) is 14.7. The predicted molar refractivity (Wildman–Crippen MR) is 98.9 cm³/mol. The van der Waals surface area contributed by atoms with Gasteiger partial charge in [-0.1, -0.05) is 36.4 Å². The molecule has 0 aromatic heterocycles. The van der Waals surface area contributed by atoms with Crippen LogP contribution in [0.2, 0.25) is 0 Å². The Morgan fingerprint density at radius 2 is 1.92 bits per heavy atom. The lowest BCUT2D eigenvalue weighted by atomic mass is 9.78. The molecule has 0 unspecified atom stereocenters. The van der Waals surface area contributed by atoms with E-state index in [0.717, 1.165) is 42.5 Å². The summed E-state index contributed by atoms with van der Waals surface area (Å²) in [5.74, 6) is 0.915. The Morgan fingerprint density at radius 1 is 1.16 bits per heavy atom. The number of benzene rings is 2. The maximum absolute atomic E-state index is 12.7. The van der Waals surface area contributed by atoms with Gasteiger partial charge in [0.15, 0.2) is 0 Å². The summed E-state index contributed by atoms with van der Waals surface area (Å²) >= 11 is 0. The number of ether oxygens (including phenoxy) is 2. The standard InChI is InChI=1S/C20H26N2O3/c1-24-15-20(9-11-21-12-10-20)19(23)22-13-14-25-18-8-4-6-16-5-2-3-7-17(16)18/h2-8,21H,9-15H2,1H3,(H,22,23). The lowest BCUT2D eigenvalue weighted by Gasteiger charge is -2.35. The minimum Gasteiger partial charge on any atom is -0.491 e. The van der Waals surface area contributed by atoms with E-state index in [1.807, 2.05) is 30.3 Å². The summed E-state index contributed by atoms with van der Waals surface area (Å²) < 4.78 is 11.2. The van der Waals surface area contributed by atoms with Crippen LogP contribution in [0.1, 0.15) is 12.8 Å². The zero-order valence-corrected chi connectivity index (χ0v) is 14.7. The number of carbonyl (C=O) groups is 1. The Hall–Kier alpha value is -2.11. The van der Waals surface area contributed by atoms with Gasteiger partial charge in [-0.2, -0.15) is 0 Å². The number of hydrogen-bond acceptors (Lipinski definition) is 4. The Bertz CT molecular complexity index is 700. The molecule has 134 valence electrons. The van der Waals surface area contributed by atoms with Crippen molar-refractivity contribution in [1.29, 1.82) is 0 Å². The van der Waals surface area contributed by atoms with Gasteiger partial charge >= 0.3 is 0 Å². The van der Waals surface area contributed by atoms with Crippen molar-refractivity contribution >= 4 is 16.7 Å². The number of rotatable bonds is 7. The van der Waals surface area contributed by atoms with E-state index in [9.17, 15) is 4.79 Å². The van der Waals surface area contributed by atoms with Gasteiger partial charge < -0.3 is 20.1 Å². The molecule has 0 atom stereocenters. The van der Waals surface area contributed by atoms with Gasteiger partial charge in [-0.15, -0.1) is 0 Å². The van der Waals surface area contributed by atoms with Gasteiger partial charge in [0.1, 0.15) is 12.4 Å². The normalized spacial score (nSPS) is 16.5. The van der Waals surface area contributed by atoms with E-state index in [0.29, 0.717) is 19.8 Å². The van der Waals surface area contributed by atoms with Gasteiger partial charge in [0.2, 0.25) is 5.91 Å². The van der Waals surface area contributed by atoms with Crippen molar-refractivity contribution in [3.8, 4) is 5.75 Å². The van der Waals surface area contributed by atoms with Crippen LogP contribution in [-0.4, -0.2) is 45.9 Å². The number of methoxy groups -OCH3 is 1. The first-order valence-corrected chi connectivity index (χ1v) is 8.84. The Kier molecular flexibility index (Phi) is 5.89. The summed E-state index contributed by atoms with van der Waals surface area (Å²) in [5, 5.41) is 8.56. The zero-order chi connectivity index (χ0) is 17.5. The van der Waals surface area contributed by atoms with E-state index in [-0.39, 0.29) is 5.91 Å². The molecule has 2 N–H and O–H groups in total. The smallest absolute Gasteiger partial charge is 0.228 e. The van der Waals surface area contributed by atoms with Gasteiger partial charge in [-0.25, -0.2) is 0 Å². The molecule has 2 aromatic carbocycles. The predicted octanol–water partition coefficient (Wildman–Crippen LogP) is 2.35. The Morgan fingerprint density at radius 3 is 2.72 bits per heavy atom. The van der Waals surface area contributed by atoms with Crippen molar-refractivity contribution in [2.45, 2.75) is 12.8 Å². The highest BCUT2D eigenvalue weighted by Crippen LogP contribution is 2.29. The highest BCUT2D eigenvalue weighted by atomic mass is 16.5. The third-order valence-corrected chi connectivity index (χ3v) is 4.86. The number of carbonyl (C=O) groups excluding carboxylic acids is 1. The number of nitrogens with one attached hydrogen (secondary N) is 2. The van der Waals surface area contributed by atoms with Gasteiger partial charge in [0.25, 0.3) is 0 Å². The van der Waals surface area contributed by atoms with Crippen LogP contribution in [0.25, 0.3) is 10.8 Å². The topological polar surface area (TPSA) is 59.6 Å². The van der Waals surface area contributed by atoms with Crippen molar-refractivity contribution in [2.75, 3.05) is 40.0 Å². The Balaban J connectivity index is 1.54. The average Bonchev–Trinajstić information content (AvgIpc) is 2.66. The average molecular weight is 342 g/mol. The maximum atomic E-state index is 12.7. The van der Waals surface area contributed by atoms with Crippen molar-refractivity contribution in [3.05, 3.63) is 42.5 Å². The van der Waals surface area contributed by atoms with Crippen molar-refractivity contribution in [1.82, 2.24) is 10.6 Å². The third kappa shape index (κ3) is 4.11. The van der Waals surface area contributed by atoms with Gasteiger partial charge in [0.05, 0.1) is 18.6 Å². The van der Waals surface area contributed by atoms with Crippen LogP contribution in [0.15, 0.2) is 42.5 Å². The molecule has 1 amide bonds.